The summed E-state index contributed by atoms with van der Waals surface area (Å²) >= 11 is 6.09. The second kappa shape index (κ2) is 7.07. The first kappa shape index (κ1) is 15.3. The predicted molar refractivity (Wildman–Crippen MR) is 77.6 cm³/mol. The van der Waals surface area contributed by atoms with Gasteiger partial charge >= 0.3 is 5.97 Å². The van der Waals surface area contributed by atoms with Gasteiger partial charge in [0.25, 0.3) is 0 Å². The second-order valence-corrected chi connectivity index (χ2v) is 5.57. The van der Waals surface area contributed by atoms with Crippen LogP contribution in [-0.4, -0.2) is 42.7 Å². The molecular weight excluding hydrogens is 278 g/mol. The molecule has 0 aromatic heterocycles. The van der Waals surface area contributed by atoms with E-state index in [9.17, 15) is 9.90 Å². The van der Waals surface area contributed by atoms with Crippen molar-refractivity contribution in [2.45, 2.75) is 18.9 Å². The third-order valence-electron chi connectivity index (χ3n) is 3.74. The SMILES string of the molecule is COC(=O)C1CCCN(CC(O)c2ccccc2Cl)C1. The van der Waals surface area contributed by atoms with Crippen LogP contribution in [0.15, 0.2) is 24.3 Å². The van der Waals surface area contributed by atoms with Crippen LogP contribution in [0.3, 0.4) is 0 Å². The van der Waals surface area contributed by atoms with E-state index in [0.29, 0.717) is 18.1 Å². The number of halogens is 1. The van der Waals surface area contributed by atoms with Crippen LogP contribution in [0.5, 0.6) is 0 Å². The summed E-state index contributed by atoms with van der Waals surface area (Å²) in [7, 11) is 1.42. The number of aliphatic hydroxyl groups is 1. The number of methoxy groups -OCH3 is 1. The van der Waals surface area contributed by atoms with Crippen molar-refractivity contribution in [2.24, 2.45) is 5.92 Å². The third-order valence-corrected chi connectivity index (χ3v) is 4.08. The number of hydrogen-bond donors (Lipinski definition) is 1. The van der Waals surface area contributed by atoms with Gasteiger partial charge in [-0.2, -0.15) is 0 Å². The molecule has 1 N–H and O–H groups in total. The number of likely N-dealkylation sites (tertiary alicyclic amines) is 1. The van der Waals surface area contributed by atoms with E-state index in [1.54, 1.807) is 6.07 Å². The molecule has 1 aliphatic heterocycles. The summed E-state index contributed by atoms with van der Waals surface area (Å²) in [6.45, 7) is 2.00. The molecule has 5 heteroatoms. The summed E-state index contributed by atoms with van der Waals surface area (Å²) in [5, 5.41) is 10.9. The van der Waals surface area contributed by atoms with Crippen molar-refractivity contribution >= 4 is 17.6 Å². The Balaban J connectivity index is 1.96. The summed E-state index contributed by atoms with van der Waals surface area (Å²) in [6.07, 6.45) is 1.15. The van der Waals surface area contributed by atoms with Gasteiger partial charge in [0.1, 0.15) is 0 Å². The van der Waals surface area contributed by atoms with E-state index in [-0.39, 0.29) is 11.9 Å². The Morgan fingerprint density at radius 3 is 3.00 bits per heavy atom. The van der Waals surface area contributed by atoms with Gasteiger partial charge in [-0.1, -0.05) is 29.8 Å². The zero-order chi connectivity index (χ0) is 14.5. The minimum absolute atomic E-state index is 0.0906. The molecule has 0 radical (unpaired) electrons. The summed E-state index contributed by atoms with van der Waals surface area (Å²) in [6, 6.07) is 7.30. The molecule has 0 aliphatic carbocycles. The van der Waals surface area contributed by atoms with Crippen LogP contribution >= 0.6 is 11.6 Å². The van der Waals surface area contributed by atoms with Gasteiger partial charge in [-0.05, 0) is 25.5 Å². The molecule has 0 saturated carbocycles. The van der Waals surface area contributed by atoms with Crippen LogP contribution in [-0.2, 0) is 9.53 Å². The second-order valence-electron chi connectivity index (χ2n) is 5.16. The molecule has 0 amide bonds. The highest BCUT2D eigenvalue weighted by atomic mass is 35.5. The first-order valence-corrected chi connectivity index (χ1v) is 7.22. The quantitative estimate of drug-likeness (QED) is 0.866. The number of ether oxygens (including phenoxy) is 1. The Hall–Kier alpha value is -1.10. The van der Waals surface area contributed by atoms with Crippen molar-refractivity contribution in [2.75, 3.05) is 26.7 Å². The Labute approximate surface area is 124 Å². The van der Waals surface area contributed by atoms with Crippen LogP contribution in [0.4, 0.5) is 0 Å². The molecule has 2 unspecified atom stereocenters. The number of piperidine rings is 1. The van der Waals surface area contributed by atoms with E-state index < -0.39 is 6.10 Å². The lowest BCUT2D eigenvalue weighted by Crippen LogP contribution is -2.41. The van der Waals surface area contributed by atoms with Crippen molar-refractivity contribution in [3.05, 3.63) is 34.9 Å². The van der Waals surface area contributed by atoms with Gasteiger partial charge in [0, 0.05) is 23.7 Å². The van der Waals surface area contributed by atoms with Gasteiger partial charge in [-0.3, -0.25) is 9.69 Å². The fourth-order valence-corrected chi connectivity index (χ4v) is 2.93. The summed E-state index contributed by atoms with van der Waals surface area (Å²) in [4.78, 5) is 13.7. The number of rotatable bonds is 4. The van der Waals surface area contributed by atoms with Gasteiger partial charge in [-0.25, -0.2) is 0 Å². The van der Waals surface area contributed by atoms with Crippen molar-refractivity contribution in [1.29, 1.82) is 0 Å². The topological polar surface area (TPSA) is 49.8 Å². The van der Waals surface area contributed by atoms with Gasteiger partial charge in [0.15, 0.2) is 0 Å². The average molecular weight is 298 g/mol. The lowest BCUT2D eigenvalue weighted by molar-refractivity contribution is -0.147. The zero-order valence-corrected chi connectivity index (χ0v) is 12.3. The lowest BCUT2D eigenvalue weighted by atomic mass is 9.97. The molecule has 2 atom stereocenters. The molecule has 0 bridgehead atoms. The molecule has 2 rings (SSSR count). The minimum atomic E-state index is -0.639. The van der Waals surface area contributed by atoms with E-state index in [1.807, 2.05) is 18.2 Å². The molecule has 1 fully saturated rings. The van der Waals surface area contributed by atoms with Crippen LogP contribution in [0.25, 0.3) is 0 Å². The van der Waals surface area contributed by atoms with Gasteiger partial charge in [-0.15, -0.1) is 0 Å². The number of esters is 1. The number of carbonyl (C=O) groups is 1. The highest BCUT2D eigenvalue weighted by molar-refractivity contribution is 6.31. The van der Waals surface area contributed by atoms with Crippen LogP contribution in [0.2, 0.25) is 5.02 Å². The van der Waals surface area contributed by atoms with Crippen molar-refractivity contribution in [3.63, 3.8) is 0 Å². The Bertz CT molecular complexity index is 466. The molecule has 1 aromatic rings. The van der Waals surface area contributed by atoms with E-state index in [4.69, 9.17) is 16.3 Å². The van der Waals surface area contributed by atoms with Crippen molar-refractivity contribution in [1.82, 2.24) is 4.90 Å². The molecule has 1 aliphatic rings. The first-order valence-electron chi connectivity index (χ1n) is 6.84. The number of hydrogen-bond acceptors (Lipinski definition) is 4. The molecule has 0 spiro atoms. The minimum Gasteiger partial charge on any atom is -0.469 e. The molecule has 1 aromatic carbocycles. The number of β-amino-alcohol motifs (C(OH)–C–C–N with tert-alkyl or cyclic N) is 1. The molecule has 1 saturated heterocycles. The number of nitrogens with zero attached hydrogens (tertiary/aromatic N) is 1. The van der Waals surface area contributed by atoms with Crippen LogP contribution in [0, 0.1) is 5.92 Å². The Kier molecular flexibility index (Phi) is 5.40. The summed E-state index contributed by atoms with van der Waals surface area (Å²) in [5.41, 5.74) is 0.731. The van der Waals surface area contributed by atoms with Gasteiger partial charge in [0.05, 0.1) is 19.1 Å². The molecular formula is C15H20ClNO3. The average Bonchev–Trinajstić information content (AvgIpc) is 2.47. The first-order chi connectivity index (χ1) is 9.61. The third kappa shape index (κ3) is 3.72. The molecule has 1 heterocycles. The fraction of sp³-hybridized carbons (Fsp3) is 0.533. The van der Waals surface area contributed by atoms with Crippen LogP contribution in [0.1, 0.15) is 24.5 Å². The zero-order valence-electron chi connectivity index (χ0n) is 11.6. The summed E-state index contributed by atoms with van der Waals surface area (Å²) in [5.74, 6) is -0.255. The van der Waals surface area contributed by atoms with Gasteiger partial charge in [0.2, 0.25) is 0 Å². The van der Waals surface area contributed by atoms with Crippen molar-refractivity contribution in [3.8, 4) is 0 Å². The summed E-state index contributed by atoms with van der Waals surface area (Å²) < 4.78 is 4.80. The highest BCUT2D eigenvalue weighted by Gasteiger charge is 2.27. The van der Waals surface area contributed by atoms with Crippen molar-refractivity contribution < 1.29 is 14.6 Å². The molecule has 20 heavy (non-hydrogen) atoms. The van der Waals surface area contributed by atoms with Gasteiger partial charge < -0.3 is 9.84 Å². The molecule has 110 valence electrons. The number of carbonyl (C=O) groups excluding carboxylic acids is 1. The smallest absolute Gasteiger partial charge is 0.309 e. The van der Waals surface area contributed by atoms with Crippen LogP contribution < -0.4 is 0 Å². The van der Waals surface area contributed by atoms with E-state index in [2.05, 4.69) is 4.90 Å². The number of aliphatic hydroxyl groups excluding tert-OH is 1. The fourth-order valence-electron chi connectivity index (χ4n) is 2.67. The highest BCUT2D eigenvalue weighted by Crippen LogP contribution is 2.25. The maximum absolute atomic E-state index is 11.6. The maximum atomic E-state index is 11.6. The van der Waals surface area contributed by atoms with E-state index in [1.165, 1.54) is 7.11 Å². The normalized spacial score (nSPS) is 21.4. The Morgan fingerprint density at radius 2 is 2.30 bits per heavy atom. The lowest BCUT2D eigenvalue weighted by Gasteiger charge is -2.32. The van der Waals surface area contributed by atoms with E-state index >= 15 is 0 Å². The number of benzene rings is 1. The Morgan fingerprint density at radius 1 is 1.55 bits per heavy atom. The monoisotopic (exact) mass is 297 g/mol. The largest absolute Gasteiger partial charge is 0.469 e. The standard InChI is InChI=1S/C15H20ClNO3/c1-20-15(19)11-5-4-8-17(9-11)10-14(18)12-6-2-3-7-13(12)16/h2-3,6-7,11,14,18H,4-5,8-10H2,1H3. The maximum Gasteiger partial charge on any atom is 0.309 e. The predicted octanol–water partition coefficient (Wildman–Crippen LogP) is 2.26. The van der Waals surface area contributed by atoms with E-state index in [0.717, 1.165) is 24.9 Å². The molecule has 4 nitrogen and oxygen atoms in total.